The fourth-order valence-electron chi connectivity index (χ4n) is 1.72. The number of nitrogens with two attached hydrogens (primary N) is 1. The van der Waals surface area contributed by atoms with Gasteiger partial charge in [-0.2, -0.15) is 0 Å². The van der Waals surface area contributed by atoms with Crippen molar-refractivity contribution in [1.82, 2.24) is 0 Å². The maximum Gasteiger partial charge on any atom is 0.265 e. The lowest BCUT2D eigenvalue weighted by Gasteiger charge is -2.14. The number of anilines is 1. The molecule has 0 aromatic heterocycles. The van der Waals surface area contributed by atoms with Crippen LogP contribution in [0.15, 0.2) is 54.6 Å². The molecule has 2 amide bonds. The van der Waals surface area contributed by atoms with Crippen LogP contribution in [-0.4, -0.2) is 17.9 Å². The lowest BCUT2D eigenvalue weighted by atomic mass is 10.2. The number of benzene rings is 2. The average Bonchev–Trinajstić information content (AvgIpc) is 2.48. The summed E-state index contributed by atoms with van der Waals surface area (Å²) in [5, 5.41) is 2.75. The SMILES string of the molecule is CC(Oc1ccc(C(N)=O)cc1)C(=O)Nc1ccccc1. The van der Waals surface area contributed by atoms with Gasteiger partial charge in [0.05, 0.1) is 0 Å². The van der Waals surface area contributed by atoms with Crippen molar-refractivity contribution >= 4 is 17.5 Å². The van der Waals surface area contributed by atoms with Crippen LogP contribution in [-0.2, 0) is 4.79 Å². The highest BCUT2D eigenvalue weighted by Crippen LogP contribution is 2.14. The van der Waals surface area contributed by atoms with E-state index in [1.807, 2.05) is 18.2 Å². The third-order valence-electron chi connectivity index (χ3n) is 2.86. The van der Waals surface area contributed by atoms with Gasteiger partial charge in [-0.05, 0) is 43.3 Å². The Labute approximate surface area is 122 Å². The summed E-state index contributed by atoms with van der Waals surface area (Å²) in [6.45, 7) is 1.65. The highest BCUT2D eigenvalue weighted by molar-refractivity contribution is 5.94. The molecule has 0 radical (unpaired) electrons. The molecule has 2 rings (SSSR count). The summed E-state index contributed by atoms with van der Waals surface area (Å²) in [7, 11) is 0. The summed E-state index contributed by atoms with van der Waals surface area (Å²) in [4.78, 5) is 22.9. The number of primary amides is 1. The second-order valence-corrected chi connectivity index (χ2v) is 4.50. The summed E-state index contributed by atoms with van der Waals surface area (Å²) in [5.41, 5.74) is 6.26. The van der Waals surface area contributed by atoms with Gasteiger partial charge in [-0.25, -0.2) is 0 Å². The van der Waals surface area contributed by atoms with Crippen LogP contribution in [0.4, 0.5) is 5.69 Å². The minimum Gasteiger partial charge on any atom is -0.481 e. The first-order chi connectivity index (χ1) is 10.1. The summed E-state index contributed by atoms with van der Waals surface area (Å²) >= 11 is 0. The Morgan fingerprint density at radius 2 is 1.67 bits per heavy atom. The van der Waals surface area contributed by atoms with E-state index >= 15 is 0 Å². The van der Waals surface area contributed by atoms with E-state index in [-0.39, 0.29) is 5.91 Å². The topological polar surface area (TPSA) is 81.4 Å². The predicted octanol–water partition coefficient (Wildman–Crippen LogP) is 2.19. The fourth-order valence-corrected chi connectivity index (χ4v) is 1.72. The first-order valence-corrected chi connectivity index (χ1v) is 6.48. The van der Waals surface area contributed by atoms with E-state index in [2.05, 4.69) is 5.32 Å². The molecule has 0 aliphatic carbocycles. The Morgan fingerprint density at radius 1 is 1.05 bits per heavy atom. The molecule has 0 heterocycles. The van der Waals surface area contributed by atoms with Crippen molar-refractivity contribution in [3.63, 3.8) is 0 Å². The van der Waals surface area contributed by atoms with Gasteiger partial charge in [-0.15, -0.1) is 0 Å². The molecule has 5 heteroatoms. The Balaban J connectivity index is 1.95. The molecule has 1 atom stereocenters. The van der Waals surface area contributed by atoms with Crippen LogP contribution in [0.1, 0.15) is 17.3 Å². The van der Waals surface area contributed by atoms with Crippen LogP contribution in [0.3, 0.4) is 0 Å². The average molecular weight is 284 g/mol. The minimum absolute atomic E-state index is 0.250. The number of hydrogen-bond donors (Lipinski definition) is 2. The number of nitrogens with one attached hydrogen (secondary N) is 1. The highest BCUT2D eigenvalue weighted by Gasteiger charge is 2.14. The van der Waals surface area contributed by atoms with Gasteiger partial charge in [-0.1, -0.05) is 18.2 Å². The molecule has 0 saturated heterocycles. The maximum absolute atomic E-state index is 12.0. The molecule has 0 fully saturated rings. The van der Waals surface area contributed by atoms with Crippen LogP contribution in [0.25, 0.3) is 0 Å². The molecule has 0 aliphatic heterocycles. The first kappa shape index (κ1) is 14.6. The molecular formula is C16H16N2O3. The van der Waals surface area contributed by atoms with Gasteiger partial charge in [0.2, 0.25) is 5.91 Å². The van der Waals surface area contributed by atoms with Crippen molar-refractivity contribution in [2.45, 2.75) is 13.0 Å². The van der Waals surface area contributed by atoms with Crippen LogP contribution < -0.4 is 15.8 Å². The quantitative estimate of drug-likeness (QED) is 0.883. The van der Waals surface area contributed by atoms with Gasteiger partial charge >= 0.3 is 0 Å². The normalized spacial score (nSPS) is 11.5. The van der Waals surface area contributed by atoms with Crippen molar-refractivity contribution in [3.8, 4) is 5.75 Å². The molecule has 0 bridgehead atoms. The molecule has 0 saturated carbocycles. The van der Waals surface area contributed by atoms with Crippen LogP contribution in [0, 0.1) is 0 Å². The first-order valence-electron chi connectivity index (χ1n) is 6.48. The molecular weight excluding hydrogens is 268 g/mol. The summed E-state index contributed by atoms with van der Waals surface area (Å²) in [5.74, 6) is -0.257. The molecule has 3 N–H and O–H groups in total. The van der Waals surface area contributed by atoms with Gasteiger partial charge in [-0.3, -0.25) is 9.59 Å². The van der Waals surface area contributed by atoms with E-state index in [4.69, 9.17) is 10.5 Å². The zero-order valence-corrected chi connectivity index (χ0v) is 11.6. The molecule has 1 unspecified atom stereocenters. The predicted molar refractivity (Wildman–Crippen MR) is 80.1 cm³/mol. The maximum atomic E-state index is 12.0. The lowest BCUT2D eigenvalue weighted by Crippen LogP contribution is -2.30. The molecule has 108 valence electrons. The Morgan fingerprint density at radius 3 is 2.24 bits per heavy atom. The second-order valence-electron chi connectivity index (χ2n) is 4.50. The van der Waals surface area contributed by atoms with Crippen molar-refractivity contribution in [3.05, 3.63) is 60.2 Å². The summed E-state index contributed by atoms with van der Waals surface area (Å²) in [6, 6.07) is 15.5. The third-order valence-corrected chi connectivity index (χ3v) is 2.86. The smallest absolute Gasteiger partial charge is 0.265 e. The lowest BCUT2D eigenvalue weighted by molar-refractivity contribution is -0.122. The van der Waals surface area contributed by atoms with E-state index in [0.29, 0.717) is 17.0 Å². The van der Waals surface area contributed by atoms with Crippen LogP contribution >= 0.6 is 0 Å². The number of carbonyl (C=O) groups excluding carboxylic acids is 2. The Bertz CT molecular complexity index is 624. The minimum atomic E-state index is -0.662. The number of hydrogen-bond acceptors (Lipinski definition) is 3. The van der Waals surface area contributed by atoms with E-state index in [1.54, 1.807) is 43.3 Å². The number of rotatable bonds is 5. The summed E-state index contributed by atoms with van der Waals surface area (Å²) < 4.78 is 5.52. The van der Waals surface area contributed by atoms with Gasteiger partial charge in [0.15, 0.2) is 6.10 Å². The van der Waals surface area contributed by atoms with Gasteiger partial charge in [0.1, 0.15) is 5.75 Å². The van der Waals surface area contributed by atoms with E-state index in [0.717, 1.165) is 0 Å². The largest absolute Gasteiger partial charge is 0.481 e. The van der Waals surface area contributed by atoms with Gasteiger partial charge in [0, 0.05) is 11.3 Å². The van der Waals surface area contributed by atoms with Crippen LogP contribution in [0.2, 0.25) is 0 Å². The van der Waals surface area contributed by atoms with Crippen molar-refractivity contribution in [2.75, 3.05) is 5.32 Å². The fraction of sp³-hybridized carbons (Fsp3) is 0.125. The number of carbonyl (C=O) groups is 2. The zero-order chi connectivity index (χ0) is 15.2. The van der Waals surface area contributed by atoms with Crippen molar-refractivity contribution < 1.29 is 14.3 Å². The van der Waals surface area contributed by atoms with Crippen LogP contribution in [0.5, 0.6) is 5.75 Å². The molecule has 21 heavy (non-hydrogen) atoms. The number of para-hydroxylation sites is 1. The highest BCUT2D eigenvalue weighted by atomic mass is 16.5. The van der Waals surface area contributed by atoms with E-state index in [1.165, 1.54) is 0 Å². The number of ether oxygens (including phenoxy) is 1. The molecule has 2 aromatic rings. The molecule has 2 aromatic carbocycles. The zero-order valence-electron chi connectivity index (χ0n) is 11.6. The standard InChI is InChI=1S/C16H16N2O3/c1-11(16(20)18-13-5-3-2-4-6-13)21-14-9-7-12(8-10-14)15(17)19/h2-11H,1H3,(H2,17,19)(H,18,20). The summed E-state index contributed by atoms with van der Waals surface area (Å²) in [6.07, 6.45) is -0.662. The Kier molecular flexibility index (Phi) is 4.56. The van der Waals surface area contributed by atoms with Crippen molar-refractivity contribution in [2.24, 2.45) is 5.73 Å². The monoisotopic (exact) mass is 284 g/mol. The van der Waals surface area contributed by atoms with E-state index in [9.17, 15) is 9.59 Å². The molecule has 5 nitrogen and oxygen atoms in total. The molecule has 0 spiro atoms. The molecule has 0 aliphatic rings. The Hall–Kier alpha value is -2.82. The van der Waals surface area contributed by atoms with E-state index < -0.39 is 12.0 Å². The van der Waals surface area contributed by atoms with Gasteiger partial charge < -0.3 is 15.8 Å². The van der Waals surface area contributed by atoms with Crippen molar-refractivity contribution in [1.29, 1.82) is 0 Å². The third kappa shape index (κ3) is 4.07. The second kappa shape index (κ2) is 6.56. The number of amides is 2. The van der Waals surface area contributed by atoms with Gasteiger partial charge in [0.25, 0.3) is 5.91 Å².